The fourth-order valence-corrected chi connectivity index (χ4v) is 3.21. The molecule has 0 aliphatic carbocycles. The second-order valence-corrected chi connectivity index (χ2v) is 6.12. The van der Waals surface area contributed by atoms with E-state index >= 15 is 0 Å². The van der Waals surface area contributed by atoms with E-state index in [1.54, 1.807) is 0 Å². The molecule has 18 heavy (non-hydrogen) atoms. The number of nitrogens with one attached hydrogen (secondary N) is 1. The summed E-state index contributed by atoms with van der Waals surface area (Å²) >= 11 is 3.67. The minimum Gasteiger partial charge on any atom is -0.309 e. The lowest BCUT2D eigenvalue weighted by Crippen LogP contribution is -2.53. The summed E-state index contributed by atoms with van der Waals surface area (Å²) in [6, 6.07) is 1.12. The van der Waals surface area contributed by atoms with Crippen LogP contribution < -0.4 is 5.32 Å². The summed E-state index contributed by atoms with van der Waals surface area (Å²) in [5.74, 6) is 0. The first-order valence-corrected chi connectivity index (χ1v) is 7.50. The van der Waals surface area contributed by atoms with Gasteiger partial charge < -0.3 is 5.32 Å². The first-order valence-electron chi connectivity index (χ1n) is 6.71. The van der Waals surface area contributed by atoms with Crippen molar-refractivity contribution in [3.05, 3.63) is 15.9 Å². The van der Waals surface area contributed by atoms with Gasteiger partial charge in [0.05, 0.1) is 15.9 Å². The van der Waals surface area contributed by atoms with Crippen molar-refractivity contribution >= 4 is 15.9 Å². The van der Waals surface area contributed by atoms with Crippen molar-refractivity contribution in [3.8, 4) is 0 Å². The quantitative estimate of drug-likeness (QED) is 0.928. The highest BCUT2D eigenvalue weighted by atomic mass is 79.9. The summed E-state index contributed by atoms with van der Waals surface area (Å²) in [5, 5.41) is 8.13. The largest absolute Gasteiger partial charge is 0.309 e. The molecule has 2 unspecified atom stereocenters. The molecule has 0 bridgehead atoms. The Balaban J connectivity index is 2.13. The minimum atomic E-state index is 0.562. The van der Waals surface area contributed by atoms with E-state index in [1.807, 2.05) is 0 Å². The second-order valence-electron chi connectivity index (χ2n) is 5.32. The van der Waals surface area contributed by atoms with Gasteiger partial charge in [-0.25, -0.2) is 0 Å². The molecular weight excluding hydrogens is 292 g/mol. The van der Waals surface area contributed by atoms with Crippen LogP contribution in [0.5, 0.6) is 0 Å². The van der Waals surface area contributed by atoms with E-state index in [0.29, 0.717) is 12.1 Å². The molecule has 4 nitrogen and oxygen atoms in total. The predicted molar refractivity (Wildman–Crippen MR) is 77.7 cm³/mol. The maximum absolute atomic E-state index is 4.56. The van der Waals surface area contributed by atoms with Crippen LogP contribution in [0.4, 0.5) is 0 Å². The maximum Gasteiger partial charge on any atom is 0.0739 e. The summed E-state index contributed by atoms with van der Waals surface area (Å²) < 4.78 is 3.28. The maximum atomic E-state index is 4.56. The summed E-state index contributed by atoms with van der Waals surface area (Å²) in [5.41, 5.74) is 2.39. The summed E-state index contributed by atoms with van der Waals surface area (Å²) in [6.07, 6.45) is 0. The summed E-state index contributed by atoms with van der Waals surface area (Å²) in [7, 11) is 0. The monoisotopic (exact) mass is 314 g/mol. The highest BCUT2D eigenvalue weighted by Gasteiger charge is 2.23. The fraction of sp³-hybridized carbons (Fsp3) is 0.769. The van der Waals surface area contributed by atoms with E-state index in [4.69, 9.17) is 0 Å². The van der Waals surface area contributed by atoms with Crippen molar-refractivity contribution in [1.29, 1.82) is 0 Å². The number of hydrogen-bond acceptors (Lipinski definition) is 3. The number of hydrogen-bond donors (Lipinski definition) is 1. The van der Waals surface area contributed by atoms with E-state index < -0.39 is 0 Å². The lowest BCUT2D eigenvalue weighted by Gasteiger charge is -2.36. The SMILES string of the molecule is CCn1nc(C)c(Br)c1CN1CC(C)NC(C)C1. The van der Waals surface area contributed by atoms with Gasteiger partial charge in [0, 0.05) is 38.3 Å². The molecule has 2 rings (SSSR count). The number of halogens is 1. The first-order chi connectivity index (χ1) is 8.51. The first kappa shape index (κ1) is 14.0. The van der Waals surface area contributed by atoms with Gasteiger partial charge in [-0.3, -0.25) is 9.58 Å². The Morgan fingerprint density at radius 1 is 1.33 bits per heavy atom. The molecule has 1 aliphatic heterocycles. The van der Waals surface area contributed by atoms with Crippen molar-refractivity contribution in [2.45, 2.75) is 52.9 Å². The van der Waals surface area contributed by atoms with Crippen LogP contribution in [-0.2, 0) is 13.1 Å². The fourth-order valence-electron chi connectivity index (χ4n) is 2.80. The summed E-state index contributed by atoms with van der Waals surface area (Å²) in [4.78, 5) is 2.51. The molecule has 1 N–H and O–H groups in total. The van der Waals surface area contributed by atoms with Crippen LogP contribution in [-0.4, -0.2) is 39.9 Å². The van der Waals surface area contributed by atoms with E-state index in [-0.39, 0.29) is 0 Å². The van der Waals surface area contributed by atoms with Gasteiger partial charge in [-0.05, 0) is 43.6 Å². The topological polar surface area (TPSA) is 33.1 Å². The predicted octanol–water partition coefficient (Wildman–Crippen LogP) is 2.16. The molecule has 0 saturated carbocycles. The second kappa shape index (κ2) is 5.72. The van der Waals surface area contributed by atoms with Crippen LogP contribution in [0.25, 0.3) is 0 Å². The van der Waals surface area contributed by atoms with Crippen LogP contribution in [0.15, 0.2) is 4.47 Å². The van der Waals surface area contributed by atoms with Crippen LogP contribution in [0.3, 0.4) is 0 Å². The third-order valence-corrected chi connectivity index (χ3v) is 4.49. The van der Waals surface area contributed by atoms with Crippen molar-refractivity contribution in [2.24, 2.45) is 0 Å². The molecule has 1 fully saturated rings. The zero-order valence-electron chi connectivity index (χ0n) is 11.7. The van der Waals surface area contributed by atoms with Gasteiger partial charge in [0.15, 0.2) is 0 Å². The van der Waals surface area contributed by atoms with Crippen molar-refractivity contribution in [1.82, 2.24) is 20.0 Å². The van der Waals surface area contributed by atoms with E-state index in [1.165, 1.54) is 10.2 Å². The average molecular weight is 315 g/mol. The minimum absolute atomic E-state index is 0.562. The van der Waals surface area contributed by atoms with Crippen molar-refractivity contribution in [2.75, 3.05) is 13.1 Å². The van der Waals surface area contributed by atoms with Gasteiger partial charge in [-0.1, -0.05) is 0 Å². The van der Waals surface area contributed by atoms with Gasteiger partial charge in [-0.15, -0.1) is 0 Å². The molecule has 1 aliphatic rings. The van der Waals surface area contributed by atoms with Gasteiger partial charge in [0.1, 0.15) is 0 Å². The van der Waals surface area contributed by atoms with E-state index in [0.717, 1.165) is 31.9 Å². The molecule has 102 valence electrons. The van der Waals surface area contributed by atoms with Crippen molar-refractivity contribution < 1.29 is 0 Å². The number of nitrogens with zero attached hydrogens (tertiary/aromatic N) is 3. The molecule has 0 amide bonds. The molecule has 0 aromatic carbocycles. The Labute approximate surface area is 118 Å². The molecule has 1 saturated heterocycles. The number of piperazine rings is 1. The summed E-state index contributed by atoms with van der Waals surface area (Å²) in [6.45, 7) is 12.8. The molecule has 0 radical (unpaired) electrons. The van der Waals surface area contributed by atoms with Crippen LogP contribution in [0.1, 0.15) is 32.2 Å². The molecule has 1 aromatic rings. The van der Waals surface area contributed by atoms with Gasteiger partial charge in [0.25, 0.3) is 0 Å². The Bertz CT molecular complexity index is 405. The molecule has 5 heteroatoms. The van der Waals surface area contributed by atoms with Gasteiger partial charge in [0.2, 0.25) is 0 Å². The molecule has 0 spiro atoms. The zero-order chi connectivity index (χ0) is 13.3. The normalized spacial score (nSPS) is 25.6. The average Bonchev–Trinajstić information content (AvgIpc) is 2.55. The van der Waals surface area contributed by atoms with E-state index in [9.17, 15) is 0 Å². The Morgan fingerprint density at radius 3 is 2.50 bits per heavy atom. The molecular formula is C13H23BrN4. The highest BCUT2D eigenvalue weighted by molar-refractivity contribution is 9.10. The van der Waals surface area contributed by atoms with E-state index in [2.05, 4.69) is 63.6 Å². The van der Waals surface area contributed by atoms with Crippen LogP contribution >= 0.6 is 15.9 Å². The van der Waals surface area contributed by atoms with Gasteiger partial charge in [-0.2, -0.15) is 5.10 Å². The Kier molecular flexibility index (Phi) is 4.45. The third kappa shape index (κ3) is 2.95. The van der Waals surface area contributed by atoms with Crippen LogP contribution in [0, 0.1) is 6.92 Å². The lowest BCUT2D eigenvalue weighted by molar-refractivity contribution is 0.162. The molecule has 2 atom stereocenters. The third-order valence-electron chi connectivity index (χ3n) is 3.46. The molecule has 1 aromatic heterocycles. The molecule has 2 heterocycles. The lowest BCUT2D eigenvalue weighted by atomic mass is 10.1. The number of rotatable bonds is 3. The number of aryl methyl sites for hydroxylation is 2. The van der Waals surface area contributed by atoms with Crippen LogP contribution in [0.2, 0.25) is 0 Å². The highest BCUT2D eigenvalue weighted by Crippen LogP contribution is 2.23. The van der Waals surface area contributed by atoms with Gasteiger partial charge >= 0.3 is 0 Å². The Morgan fingerprint density at radius 2 is 1.94 bits per heavy atom. The Hall–Kier alpha value is -0.390. The van der Waals surface area contributed by atoms with Crippen molar-refractivity contribution in [3.63, 3.8) is 0 Å². The number of aromatic nitrogens is 2. The standard InChI is InChI=1S/C13H23BrN4/c1-5-18-12(13(14)11(4)16-18)8-17-6-9(2)15-10(3)7-17/h9-10,15H,5-8H2,1-4H3. The zero-order valence-corrected chi connectivity index (χ0v) is 13.3. The smallest absolute Gasteiger partial charge is 0.0739 e.